The molecule has 1 aliphatic heterocycles. The van der Waals surface area contributed by atoms with E-state index in [-0.39, 0.29) is 5.91 Å². The summed E-state index contributed by atoms with van der Waals surface area (Å²) >= 11 is 1.45. The molecule has 1 aromatic heterocycles. The van der Waals surface area contributed by atoms with Crippen LogP contribution in [0.25, 0.3) is 0 Å². The number of aromatic nitrogens is 1. The van der Waals surface area contributed by atoms with Crippen molar-refractivity contribution in [1.82, 2.24) is 9.88 Å². The summed E-state index contributed by atoms with van der Waals surface area (Å²) in [6.07, 6.45) is 0.994. The van der Waals surface area contributed by atoms with Gasteiger partial charge in [0.2, 0.25) is 0 Å². The predicted molar refractivity (Wildman–Crippen MR) is 67.7 cm³/mol. The van der Waals surface area contributed by atoms with Gasteiger partial charge in [-0.05, 0) is 26.7 Å². The molecule has 0 spiro atoms. The fourth-order valence-electron chi connectivity index (χ4n) is 2.04. The predicted octanol–water partition coefficient (Wildman–Crippen LogP) is 1.78. The largest absolute Gasteiger partial charge is 0.481 e. The lowest BCUT2D eigenvalue weighted by molar-refractivity contribution is -0.150. The van der Waals surface area contributed by atoms with E-state index >= 15 is 0 Å². The molecule has 0 saturated carbocycles. The van der Waals surface area contributed by atoms with Gasteiger partial charge >= 0.3 is 5.97 Å². The van der Waals surface area contributed by atoms with E-state index in [9.17, 15) is 9.59 Å². The summed E-state index contributed by atoms with van der Waals surface area (Å²) in [6, 6.07) is 0. The number of carboxylic acids is 1. The van der Waals surface area contributed by atoms with Crippen LogP contribution < -0.4 is 0 Å². The fraction of sp³-hybridized carbons (Fsp3) is 0.583. The van der Waals surface area contributed by atoms with Crippen LogP contribution in [0, 0.1) is 12.3 Å². The molecule has 1 fully saturated rings. The van der Waals surface area contributed by atoms with Gasteiger partial charge in [-0.15, -0.1) is 11.3 Å². The molecule has 98 valence electrons. The summed E-state index contributed by atoms with van der Waals surface area (Å²) in [6.45, 7) is 4.57. The molecule has 0 aromatic carbocycles. The molecule has 0 atom stereocenters. The van der Waals surface area contributed by atoms with E-state index in [0.29, 0.717) is 31.6 Å². The zero-order valence-corrected chi connectivity index (χ0v) is 11.3. The maximum Gasteiger partial charge on any atom is 0.309 e. The van der Waals surface area contributed by atoms with Crippen LogP contribution >= 0.6 is 11.3 Å². The molecule has 0 unspecified atom stereocenters. The monoisotopic (exact) mass is 268 g/mol. The Kier molecular flexibility index (Phi) is 3.38. The third-order valence-electron chi connectivity index (χ3n) is 3.51. The van der Waals surface area contributed by atoms with Crippen molar-refractivity contribution in [2.24, 2.45) is 5.41 Å². The van der Waals surface area contributed by atoms with Crippen LogP contribution in [-0.2, 0) is 4.79 Å². The van der Waals surface area contributed by atoms with Crippen molar-refractivity contribution >= 4 is 23.2 Å². The Morgan fingerprint density at radius 2 is 2.06 bits per heavy atom. The van der Waals surface area contributed by atoms with Crippen molar-refractivity contribution in [2.45, 2.75) is 26.7 Å². The van der Waals surface area contributed by atoms with E-state index in [2.05, 4.69) is 4.98 Å². The standard InChI is InChI=1S/C12H16N2O3S/c1-8-13-9(7-18-8)10(15)14-5-3-12(2,4-6-14)11(16)17/h7H,3-6H2,1-2H3,(H,16,17). The van der Waals surface area contributed by atoms with E-state index in [0.717, 1.165) is 5.01 Å². The Hall–Kier alpha value is -1.43. The van der Waals surface area contributed by atoms with Crippen LogP contribution in [0.5, 0.6) is 0 Å². The first-order valence-corrected chi connectivity index (χ1v) is 6.75. The third kappa shape index (κ3) is 2.38. The third-order valence-corrected chi connectivity index (χ3v) is 4.28. The summed E-state index contributed by atoms with van der Waals surface area (Å²) in [5.41, 5.74) is -0.231. The number of hydrogen-bond acceptors (Lipinski definition) is 4. The second kappa shape index (κ2) is 4.68. The van der Waals surface area contributed by atoms with Crippen molar-refractivity contribution in [3.63, 3.8) is 0 Å². The number of amides is 1. The van der Waals surface area contributed by atoms with Gasteiger partial charge in [0.15, 0.2) is 0 Å². The number of aliphatic carboxylic acids is 1. The minimum absolute atomic E-state index is 0.0909. The van der Waals surface area contributed by atoms with Crippen molar-refractivity contribution in [1.29, 1.82) is 0 Å². The van der Waals surface area contributed by atoms with Crippen LogP contribution in [0.2, 0.25) is 0 Å². The fourth-order valence-corrected chi connectivity index (χ4v) is 2.63. The van der Waals surface area contributed by atoms with Gasteiger partial charge in [0.25, 0.3) is 5.91 Å². The lowest BCUT2D eigenvalue weighted by atomic mass is 9.80. The van der Waals surface area contributed by atoms with Crippen molar-refractivity contribution < 1.29 is 14.7 Å². The van der Waals surface area contributed by atoms with E-state index in [1.807, 2.05) is 6.92 Å². The normalized spacial score (nSPS) is 18.7. The molecule has 18 heavy (non-hydrogen) atoms. The van der Waals surface area contributed by atoms with Gasteiger partial charge < -0.3 is 10.0 Å². The van der Waals surface area contributed by atoms with Crippen LogP contribution in [0.1, 0.15) is 35.3 Å². The molecule has 1 N–H and O–H groups in total. The van der Waals surface area contributed by atoms with Gasteiger partial charge in [-0.2, -0.15) is 0 Å². The Morgan fingerprint density at radius 1 is 1.44 bits per heavy atom. The molecule has 1 saturated heterocycles. The quantitative estimate of drug-likeness (QED) is 0.887. The summed E-state index contributed by atoms with van der Waals surface area (Å²) in [5, 5.41) is 11.7. The van der Waals surface area contributed by atoms with E-state index in [4.69, 9.17) is 5.11 Å². The number of carboxylic acid groups (broad SMARTS) is 1. The maximum absolute atomic E-state index is 12.1. The second-order valence-corrected chi connectivity index (χ2v) is 5.97. The molecule has 0 aliphatic carbocycles. The van der Waals surface area contributed by atoms with E-state index in [1.165, 1.54) is 11.3 Å². The molecule has 1 aromatic rings. The highest BCUT2D eigenvalue weighted by molar-refractivity contribution is 7.09. The Bertz CT molecular complexity index is 475. The molecule has 0 bridgehead atoms. The lowest BCUT2D eigenvalue weighted by Crippen LogP contribution is -2.45. The van der Waals surface area contributed by atoms with Crippen molar-refractivity contribution in [3.05, 3.63) is 16.1 Å². The number of rotatable bonds is 2. The number of carbonyl (C=O) groups excluding carboxylic acids is 1. The van der Waals surface area contributed by atoms with E-state index in [1.54, 1.807) is 17.2 Å². The maximum atomic E-state index is 12.1. The Morgan fingerprint density at radius 3 is 2.50 bits per heavy atom. The van der Waals surface area contributed by atoms with Crippen LogP contribution in [0.3, 0.4) is 0 Å². The highest BCUT2D eigenvalue weighted by atomic mass is 32.1. The summed E-state index contributed by atoms with van der Waals surface area (Å²) < 4.78 is 0. The summed E-state index contributed by atoms with van der Waals surface area (Å²) in [7, 11) is 0. The number of carbonyl (C=O) groups is 2. The molecule has 1 amide bonds. The topological polar surface area (TPSA) is 70.5 Å². The smallest absolute Gasteiger partial charge is 0.309 e. The SMILES string of the molecule is Cc1nc(C(=O)N2CCC(C)(C(=O)O)CC2)cs1. The average molecular weight is 268 g/mol. The van der Waals surface area contributed by atoms with Gasteiger partial charge in [0.1, 0.15) is 5.69 Å². The van der Waals surface area contributed by atoms with Crippen LogP contribution in [0.4, 0.5) is 0 Å². The molecule has 1 aliphatic rings. The van der Waals surface area contributed by atoms with Crippen molar-refractivity contribution in [2.75, 3.05) is 13.1 Å². The molecular weight excluding hydrogens is 252 g/mol. The van der Waals surface area contributed by atoms with Gasteiger partial charge in [-0.1, -0.05) is 0 Å². The zero-order chi connectivity index (χ0) is 13.3. The van der Waals surface area contributed by atoms with Gasteiger partial charge in [0.05, 0.1) is 10.4 Å². The zero-order valence-electron chi connectivity index (χ0n) is 10.5. The first-order chi connectivity index (χ1) is 8.42. The molecule has 6 heteroatoms. The number of piperidine rings is 1. The summed E-state index contributed by atoms with van der Waals surface area (Å²) in [4.78, 5) is 29.1. The van der Waals surface area contributed by atoms with Crippen LogP contribution in [-0.4, -0.2) is 40.0 Å². The average Bonchev–Trinajstić information content (AvgIpc) is 2.76. The first kappa shape index (κ1) is 13.0. The van der Waals surface area contributed by atoms with Gasteiger partial charge in [0, 0.05) is 18.5 Å². The van der Waals surface area contributed by atoms with Crippen molar-refractivity contribution in [3.8, 4) is 0 Å². The van der Waals surface area contributed by atoms with E-state index < -0.39 is 11.4 Å². The second-order valence-electron chi connectivity index (χ2n) is 4.91. The molecule has 5 nitrogen and oxygen atoms in total. The lowest BCUT2D eigenvalue weighted by Gasteiger charge is -2.36. The van der Waals surface area contributed by atoms with Gasteiger partial charge in [-0.25, -0.2) is 4.98 Å². The first-order valence-electron chi connectivity index (χ1n) is 5.87. The molecule has 2 heterocycles. The summed E-state index contributed by atoms with van der Waals surface area (Å²) in [5.74, 6) is -0.870. The Balaban J connectivity index is 2.02. The highest BCUT2D eigenvalue weighted by Crippen LogP contribution is 2.31. The number of likely N-dealkylation sites (tertiary alicyclic amines) is 1. The van der Waals surface area contributed by atoms with Gasteiger partial charge in [-0.3, -0.25) is 9.59 Å². The number of hydrogen-bond donors (Lipinski definition) is 1. The number of thiazole rings is 1. The minimum atomic E-state index is -0.779. The highest BCUT2D eigenvalue weighted by Gasteiger charge is 2.38. The molecule has 0 radical (unpaired) electrons. The minimum Gasteiger partial charge on any atom is -0.481 e. The molecule has 2 rings (SSSR count). The number of aryl methyl sites for hydroxylation is 1. The van der Waals surface area contributed by atoms with Crippen LogP contribution in [0.15, 0.2) is 5.38 Å². The molecular formula is C12H16N2O3S. The number of nitrogens with zero attached hydrogens (tertiary/aromatic N) is 2. The Labute approximate surface area is 109 Å².